The number of aryl methyl sites for hydroxylation is 2. The molecule has 2 saturated carbocycles. The molecule has 180 valence electrons. The van der Waals surface area contributed by atoms with Gasteiger partial charge in [0.05, 0.1) is 17.9 Å². The number of ether oxygens (including phenoxy) is 1. The second-order valence-electron chi connectivity index (χ2n) is 10.9. The number of nitrogens with zero attached hydrogens (tertiary/aromatic N) is 1. The predicted octanol–water partition coefficient (Wildman–Crippen LogP) is 3.00. The molecule has 4 fully saturated rings. The van der Waals surface area contributed by atoms with Crippen LogP contribution in [0.2, 0.25) is 0 Å². The van der Waals surface area contributed by atoms with Crippen molar-refractivity contribution in [2.45, 2.75) is 88.6 Å². The first kappa shape index (κ1) is 21.8. The summed E-state index contributed by atoms with van der Waals surface area (Å²) >= 11 is 0. The number of hydrogen-bond donors (Lipinski definition) is 2. The van der Waals surface area contributed by atoms with Gasteiger partial charge in [0.2, 0.25) is 17.7 Å². The molecule has 7 heteroatoms. The van der Waals surface area contributed by atoms with Crippen molar-refractivity contribution in [3.05, 3.63) is 41.5 Å². The number of amides is 3. The van der Waals surface area contributed by atoms with E-state index in [1.54, 1.807) is 4.90 Å². The summed E-state index contributed by atoms with van der Waals surface area (Å²) in [5.41, 5.74) is 1.78. The summed E-state index contributed by atoms with van der Waals surface area (Å²) in [6.45, 7) is 3.98. The van der Waals surface area contributed by atoms with Crippen molar-refractivity contribution >= 4 is 23.4 Å². The van der Waals surface area contributed by atoms with E-state index < -0.39 is 29.6 Å². The summed E-state index contributed by atoms with van der Waals surface area (Å²) in [6.07, 6.45) is 10.5. The summed E-state index contributed by atoms with van der Waals surface area (Å²) in [4.78, 5) is 42.7. The van der Waals surface area contributed by atoms with Crippen LogP contribution >= 0.6 is 0 Å². The largest absolute Gasteiger partial charge is 0.359 e. The first-order valence-electron chi connectivity index (χ1n) is 12.8. The highest BCUT2D eigenvalue weighted by Crippen LogP contribution is 2.57. The molecule has 0 aromatic heterocycles. The molecule has 2 N–H and O–H groups in total. The van der Waals surface area contributed by atoms with Gasteiger partial charge in [0.1, 0.15) is 11.6 Å². The van der Waals surface area contributed by atoms with Crippen molar-refractivity contribution < 1.29 is 19.1 Å². The van der Waals surface area contributed by atoms with E-state index in [-0.39, 0.29) is 29.8 Å². The number of anilines is 1. The smallest absolute Gasteiger partial charge is 0.246 e. The van der Waals surface area contributed by atoms with Crippen LogP contribution in [-0.4, -0.2) is 52.5 Å². The number of benzene rings is 1. The number of carbonyl (C=O) groups excluding carboxylic acids is 3. The normalized spacial score (nSPS) is 34.4. The predicted molar refractivity (Wildman–Crippen MR) is 127 cm³/mol. The SMILES string of the molecule is Cc1cc(C)cc(NC(=O)[C@H]2[C@@H]3C=C[C@]4(O3)[C@@H]2C(=O)N(C2CC2)[C@@H]4C(=O)NC2CCCCC2)c1. The van der Waals surface area contributed by atoms with Gasteiger partial charge in [0, 0.05) is 17.8 Å². The molecule has 1 aromatic carbocycles. The number of rotatable bonds is 5. The summed E-state index contributed by atoms with van der Waals surface area (Å²) in [6, 6.07) is 5.42. The molecule has 5 aliphatic rings. The average molecular weight is 464 g/mol. The molecule has 0 unspecified atom stereocenters. The van der Waals surface area contributed by atoms with Crippen molar-refractivity contribution in [1.82, 2.24) is 10.2 Å². The molecule has 3 amide bonds. The van der Waals surface area contributed by atoms with Crippen LogP contribution < -0.4 is 10.6 Å². The summed E-state index contributed by atoms with van der Waals surface area (Å²) < 4.78 is 6.41. The number of nitrogens with one attached hydrogen (secondary N) is 2. The van der Waals surface area contributed by atoms with Crippen molar-refractivity contribution in [1.29, 1.82) is 0 Å². The first-order chi connectivity index (χ1) is 16.4. The Morgan fingerprint density at radius 2 is 1.71 bits per heavy atom. The fourth-order valence-electron chi connectivity index (χ4n) is 6.75. The van der Waals surface area contributed by atoms with Crippen LogP contribution in [0.3, 0.4) is 0 Å². The lowest BCUT2D eigenvalue weighted by Gasteiger charge is -2.34. The van der Waals surface area contributed by atoms with E-state index in [2.05, 4.69) is 16.7 Å². The average Bonchev–Trinajstić information content (AvgIpc) is 3.38. The minimum atomic E-state index is -1.06. The van der Waals surface area contributed by atoms with Crippen molar-refractivity contribution in [3.8, 4) is 0 Å². The molecule has 1 aromatic rings. The minimum Gasteiger partial charge on any atom is -0.359 e. The zero-order valence-electron chi connectivity index (χ0n) is 19.9. The molecule has 6 rings (SSSR count). The van der Waals surface area contributed by atoms with E-state index in [1.807, 2.05) is 38.1 Å². The molecule has 2 bridgehead atoms. The van der Waals surface area contributed by atoms with Gasteiger partial charge in [-0.3, -0.25) is 14.4 Å². The van der Waals surface area contributed by atoms with Gasteiger partial charge in [-0.2, -0.15) is 0 Å². The van der Waals surface area contributed by atoms with E-state index in [4.69, 9.17) is 4.74 Å². The zero-order valence-corrected chi connectivity index (χ0v) is 19.9. The quantitative estimate of drug-likeness (QED) is 0.657. The molecule has 2 aliphatic carbocycles. The lowest BCUT2D eigenvalue weighted by atomic mass is 9.74. The molecule has 0 radical (unpaired) electrons. The van der Waals surface area contributed by atoms with Crippen molar-refractivity contribution in [2.24, 2.45) is 11.8 Å². The first-order valence-corrected chi connectivity index (χ1v) is 12.8. The lowest BCUT2D eigenvalue weighted by molar-refractivity contribution is -0.142. The van der Waals surface area contributed by atoms with Gasteiger partial charge in [0.15, 0.2) is 0 Å². The lowest BCUT2D eigenvalue weighted by Crippen LogP contribution is -2.57. The highest BCUT2D eigenvalue weighted by molar-refractivity contribution is 6.03. The van der Waals surface area contributed by atoms with E-state index in [9.17, 15) is 14.4 Å². The van der Waals surface area contributed by atoms with Gasteiger partial charge in [-0.1, -0.05) is 37.5 Å². The number of hydrogen-bond acceptors (Lipinski definition) is 4. The molecule has 3 heterocycles. The fourth-order valence-corrected chi connectivity index (χ4v) is 6.75. The van der Waals surface area contributed by atoms with Crippen molar-refractivity contribution in [2.75, 3.05) is 5.32 Å². The van der Waals surface area contributed by atoms with Crippen LogP contribution in [0.1, 0.15) is 56.1 Å². The van der Waals surface area contributed by atoms with Crippen LogP contribution in [-0.2, 0) is 19.1 Å². The maximum atomic E-state index is 13.8. The third-order valence-corrected chi connectivity index (χ3v) is 8.24. The van der Waals surface area contributed by atoms with Gasteiger partial charge in [-0.15, -0.1) is 0 Å². The monoisotopic (exact) mass is 463 g/mol. The maximum Gasteiger partial charge on any atom is 0.246 e. The second-order valence-corrected chi connectivity index (χ2v) is 10.9. The molecule has 1 spiro atoms. The molecular weight excluding hydrogens is 430 g/mol. The van der Waals surface area contributed by atoms with Gasteiger partial charge in [0.25, 0.3) is 0 Å². The number of carbonyl (C=O) groups is 3. The minimum absolute atomic E-state index is 0.0637. The van der Waals surface area contributed by atoms with Gasteiger partial charge in [-0.25, -0.2) is 0 Å². The Kier molecular flexibility index (Phi) is 5.10. The highest BCUT2D eigenvalue weighted by Gasteiger charge is 2.74. The molecule has 7 nitrogen and oxygen atoms in total. The van der Waals surface area contributed by atoms with E-state index in [0.29, 0.717) is 0 Å². The van der Waals surface area contributed by atoms with Crippen LogP contribution in [0, 0.1) is 25.7 Å². The standard InChI is InChI=1S/C27H33N3O4/c1-15-12-16(2)14-18(13-15)29-24(31)21-20-10-11-27(34-20)22(21)26(33)30(19-8-9-19)23(27)25(32)28-17-6-4-3-5-7-17/h10-14,17,19-23H,3-9H2,1-2H3,(H,28,32)(H,29,31)/t20-,21-,22-,23+,27-/m0/s1. The molecule has 3 aliphatic heterocycles. The van der Waals surface area contributed by atoms with Gasteiger partial charge in [-0.05, 0) is 62.8 Å². The van der Waals surface area contributed by atoms with Crippen LogP contribution in [0.5, 0.6) is 0 Å². The number of fused-ring (bicyclic) bond motifs is 1. The third-order valence-electron chi connectivity index (χ3n) is 8.24. The molecule has 34 heavy (non-hydrogen) atoms. The Morgan fingerprint density at radius 3 is 2.38 bits per heavy atom. The Hall–Kier alpha value is -2.67. The Morgan fingerprint density at radius 1 is 1.00 bits per heavy atom. The fraction of sp³-hybridized carbons (Fsp3) is 0.593. The Labute approximate surface area is 200 Å². The van der Waals surface area contributed by atoms with Crippen LogP contribution in [0.15, 0.2) is 30.4 Å². The third kappa shape index (κ3) is 3.39. The second kappa shape index (κ2) is 7.94. The van der Waals surface area contributed by atoms with Gasteiger partial charge < -0.3 is 20.3 Å². The number of likely N-dealkylation sites (tertiary alicyclic amines) is 1. The Balaban J connectivity index is 1.29. The summed E-state index contributed by atoms with van der Waals surface area (Å²) in [5.74, 6) is -1.78. The van der Waals surface area contributed by atoms with Gasteiger partial charge >= 0.3 is 0 Å². The van der Waals surface area contributed by atoms with Crippen LogP contribution in [0.25, 0.3) is 0 Å². The van der Waals surface area contributed by atoms with E-state index >= 15 is 0 Å². The zero-order chi connectivity index (χ0) is 23.6. The van der Waals surface area contributed by atoms with E-state index in [1.165, 1.54) is 6.42 Å². The summed E-state index contributed by atoms with van der Waals surface area (Å²) in [5, 5.41) is 6.26. The van der Waals surface area contributed by atoms with Crippen molar-refractivity contribution in [3.63, 3.8) is 0 Å². The maximum absolute atomic E-state index is 13.8. The van der Waals surface area contributed by atoms with Crippen LogP contribution in [0.4, 0.5) is 5.69 Å². The topological polar surface area (TPSA) is 87.7 Å². The Bertz CT molecular complexity index is 1050. The molecule has 5 atom stereocenters. The highest BCUT2D eigenvalue weighted by atomic mass is 16.5. The molecule has 2 saturated heterocycles. The summed E-state index contributed by atoms with van der Waals surface area (Å²) in [7, 11) is 0. The molecular formula is C27H33N3O4. The van der Waals surface area contributed by atoms with E-state index in [0.717, 1.165) is 55.3 Å².